The van der Waals surface area contributed by atoms with E-state index >= 15 is 0 Å². The van der Waals surface area contributed by atoms with E-state index in [-0.39, 0.29) is 12.3 Å². The molecule has 0 saturated carbocycles. The molecule has 0 atom stereocenters. The smallest absolute Gasteiger partial charge is 0.218 e. The molecular weight excluding hydrogens is 343 g/mol. The summed E-state index contributed by atoms with van der Waals surface area (Å²) in [5, 5.41) is 4.44. The number of aromatic nitrogens is 3. The van der Waals surface area contributed by atoms with E-state index in [1.54, 1.807) is 16.8 Å². The molecule has 2 aromatic heterocycles. The quantitative estimate of drug-likeness (QED) is 0.717. The molecule has 4 rings (SSSR count). The van der Waals surface area contributed by atoms with Crippen LogP contribution in [-0.4, -0.2) is 33.9 Å². The summed E-state index contributed by atoms with van der Waals surface area (Å²) >= 11 is 0. The van der Waals surface area contributed by atoms with Crippen molar-refractivity contribution in [3.05, 3.63) is 64.9 Å². The molecule has 0 unspecified atom stereocenters. The molecule has 1 aromatic carbocycles. The molecule has 130 valence electrons. The van der Waals surface area contributed by atoms with E-state index in [1.165, 1.54) is 22.5 Å². The molecule has 0 saturated heterocycles. The van der Waals surface area contributed by atoms with Crippen molar-refractivity contribution >= 4 is 15.7 Å². The van der Waals surface area contributed by atoms with E-state index < -0.39 is 15.8 Å². The number of hydrogen-bond donors (Lipinski definition) is 0. The van der Waals surface area contributed by atoms with Gasteiger partial charge in [-0.1, -0.05) is 12.1 Å². The third-order valence-electron chi connectivity index (χ3n) is 4.37. The predicted molar refractivity (Wildman–Crippen MR) is 90.9 cm³/mol. The Morgan fingerprint density at radius 3 is 2.92 bits per heavy atom. The van der Waals surface area contributed by atoms with Gasteiger partial charge in [-0.05, 0) is 24.6 Å². The average molecular weight is 360 g/mol. The van der Waals surface area contributed by atoms with Crippen LogP contribution in [0.15, 0.2) is 36.5 Å². The lowest BCUT2D eigenvalue weighted by Crippen LogP contribution is -2.37. The number of hydrogen-bond acceptors (Lipinski definition) is 4. The summed E-state index contributed by atoms with van der Waals surface area (Å²) in [6, 6.07) is 7.60. The summed E-state index contributed by atoms with van der Waals surface area (Å²) < 4.78 is 41.9. The van der Waals surface area contributed by atoms with Crippen molar-refractivity contribution in [3.63, 3.8) is 0 Å². The van der Waals surface area contributed by atoms with Crippen LogP contribution in [-0.2, 0) is 28.7 Å². The standard InChI is InChI=1S/C17H17FN4O2S/c1-12-7-17-19-9-14-10-21(6-5-16(14)22(17)20-12)25(23,24)11-13-3-2-4-15(18)8-13/h2-4,7-9H,5-6,10-11H2,1H3. The van der Waals surface area contributed by atoms with Crippen molar-refractivity contribution in [3.8, 4) is 0 Å². The van der Waals surface area contributed by atoms with Gasteiger partial charge in [-0.2, -0.15) is 9.40 Å². The van der Waals surface area contributed by atoms with E-state index in [0.29, 0.717) is 18.5 Å². The van der Waals surface area contributed by atoms with Gasteiger partial charge in [-0.3, -0.25) is 0 Å². The zero-order valence-corrected chi connectivity index (χ0v) is 14.5. The van der Waals surface area contributed by atoms with Crippen LogP contribution in [0.5, 0.6) is 0 Å². The fraction of sp³-hybridized carbons (Fsp3) is 0.294. The van der Waals surface area contributed by atoms with E-state index in [1.807, 2.05) is 13.0 Å². The first kappa shape index (κ1) is 16.2. The van der Waals surface area contributed by atoms with Gasteiger partial charge >= 0.3 is 0 Å². The van der Waals surface area contributed by atoms with Gasteiger partial charge in [0.05, 0.1) is 17.1 Å². The summed E-state index contributed by atoms with van der Waals surface area (Å²) in [6.07, 6.45) is 2.29. The maximum absolute atomic E-state index is 13.3. The second-order valence-corrected chi connectivity index (χ2v) is 8.22. The normalized spacial score (nSPS) is 15.4. The van der Waals surface area contributed by atoms with E-state index in [2.05, 4.69) is 10.1 Å². The van der Waals surface area contributed by atoms with Crippen LogP contribution in [0.25, 0.3) is 5.65 Å². The molecule has 8 heteroatoms. The molecule has 1 aliphatic heterocycles. The van der Waals surface area contributed by atoms with Gasteiger partial charge in [0.1, 0.15) is 5.82 Å². The van der Waals surface area contributed by atoms with Crippen molar-refractivity contribution in [2.24, 2.45) is 0 Å². The number of nitrogens with zero attached hydrogens (tertiary/aromatic N) is 4. The minimum Gasteiger partial charge on any atom is -0.237 e. The monoisotopic (exact) mass is 360 g/mol. The lowest BCUT2D eigenvalue weighted by Gasteiger charge is -2.28. The number of benzene rings is 1. The Balaban J connectivity index is 1.62. The summed E-state index contributed by atoms with van der Waals surface area (Å²) in [6.45, 7) is 2.54. The zero-order chi connectivity index (χ0) is 17.6. The van der Waals surface area contributed by atoms with Crippen molar-refractivity contribution in [1.82, 2.24) is 18.9 Å². The lowest BCUT2D eigenvalue weighted by atomic mass is 10.1. The Hall–Kier alpha value is -2.32. The van der Waals surface area contributed by atoms with Crippen LogP contribution in [0.4, 0.5) is 4.39 Å². The van der Waals surface area contributed by atoms with Crippen molar-refractivity contribution < 1.29 is 12.8 Å². The predicted octanol–water partition coefficient (Wildman–Crippen LogP) is 2.06. The van der Waals surface area contributed by atoms with Gasteiger partial charge in [0, 0.05) is 37.3 Å². The minimum absolute atomic E-state index is 0.212. The Kier molecular flexibility index (Phi) is 3.81. The Labute approximate surface area is 145 Å². The molecule has 25 heavy (non-hydrogen) atoms. The summed E-state index contributed by atoms with van der Waals surface area (Å²) in [7, 11) is -3.53. The number of sulfonamides is 1. The fourth-order valence-corrected chi connectivity index (χ4v) is 4.68. The van der Waals surface area contributed by atoms with Crippen molar-refractivity contribution in [2.45, 2.75) is 25.6 Å². The maximum Gasteiger partial charge on any atom is 0.218 e. The maximum atomic E-state index is 13.3. The highest BCUT2D eigenvalue weighted by Crippen LogP contribution is 2.23. The largest absolute Gasteiger partial charge is 0.237 e. The van der Waals surface area contributed by atoms with E-state index in [0.717, 1.165) is 22.6 Å². The SMILES string of the molecule is Cc1cc2ncc3c(n2n1)CCN(S(=O)(=O)Cc1cccc(F)c1)C3. The molecule has 0 bridgehead atoms. The molecule has 0 amide bonds. The van der Waals surface area contributed by atoms with E-state index in [9.17, 15) is 12.8 Å². The number of rotatable bonds is 3. The van der Waals surface area contributed by atoms with Crippen LogP contribution in [0, 0.1) is 12.7 Å². The van der Waals surface area contributed by atoms with Crippen LogP contribution >= 0.6 is 0 Å². The second-order valence-electron chi connectivity index (χ2n) is 6.26. The molecule has 0 aliphatic carbocycles. The van der Waals surface area contributed by atoms with Gasteiger partial charge in [-0.15, -0.1) is 0 Å². The molecular formula is C17H17FN4O2S. The minimum atomic E-state index is -3.53. The third kappa shape index (κ3) is 3.03. The Morgan fingerprint density at radius 1 is 1.28 bits per heavy atom. The first-order valence-electron chi connectivity index (χ1n) is 7.98. The number of halogens is 1. The van der Waals surface area contributed by atoms with Crippen molar-refractivity contribution in [2.75, 3.05) is 6.54 Å². The Morgan fingerprint density at radius 2 is 2.12 bits per heavy atom. The topological polar surface area (TPSA) is 67.6 Å². The van der Waals surface area contributed by atoms with Crippen LogP contribution in [0.1, 0.15) is 22.5 Å². The molecule has 0 spiro atoms. The molecule has 1 aliphatic rings. The molecule has 0 fully saturated rings. The molecule has 3 aromatic rings. The molecule has 0 radical (unpaired) electrons. The van der Waals surface area contributed by atoms with Crippen LogP contribution in [0.2, 0.25) is 0 Å². The first-order valence-corrected chi connectivity index (χ1v) is 9.59. The number of aryl methyl sites for hydroxylation is 1. The second kappa shape index (κ2) is 5.89. The van der Waals surface area contributed by atoms with Gasteiger partial charge in [0.25, 0.3) is 0 Å². The number of fused-ring (bicyclic) bond motifs is 3. The first-order chi connectivity index (χ1) is 11.9. The third-order valence-corrected chi connectivity index (χ3v) is 6.16. The van der Waals surface area contributed by atoms with Gasteiger partial charge in [-0.25, -0.2) is 22.3 Å². The highest BCUT2D eigenvalue weighted by molar-refractivity contribution is 7.88. The molecule has 3 heterocycles. The summed E-state index contributed by atoms with van der Waals surface area (Å²) in [4.78, 5) is 4.36. The summed E-state index contributed by atoms with van der Waals surface area (Å²) in [5.41, 5.74) is 3.94. The highest BCUT2D eigenvalue weighted by atomic mass is 32.2. The van der Waals surface area contributed by atoms with Crippen molar-refractivity contribution in [1.29, 1.82) is 0 Å². The van der Waals surface area contributed by atoms with Crippen LogP contribution in [0.3, 0.4) is 0 Å². The van der Waals surface area contributed by atoms with Gasteiger partial charge in [0.2, 0.25) is 10.0 Å². The summed E-state index contributed by atoms with van der Waals surface area (Å²) in [5.74, 6) is -0.645. The van der Waals surface area contributed by atoms with E-state index in [4.69, 9.17) is 0 Å². The average Bonchev–Trinajstić information content (AvgIpc) is 2.94. The van der Waals surface area contributed by atoms with Crippen LogP contribution < -0.4 is 0 Å². The highest BCUT2D eigenvalue weighted by Gasteiger charge is 2.28. The lowest BCUT2D eigenvalue weighted by molar-refractivity contribution is 0.383. The molecule has 6 nitrogen and oxygen atoms in total. The van der Waals surface area contributed by atoms with Gasteiger partial charge in [0.15, 0.2) is 5.65 Å². The van der Waals surface area contributed by atoms with Gasteiger partial charge < -0.3 is 0 Å². The Bertz CT molecular complexity index is 1060. The fourth-order valence-electron chi connectivity index (χ4n) is 3.20. The molecule has 0 N–H and O–H groups in total. The zero-order valence-electron chi connectivity index (χ0n) is 13.7.